The summed E-state index contributed by atoms with van der Waals surface area (Å²) in [7, 11) is 0. The molecule has 26 heavy (non-hydrogen) atoms. The predicted octanol–water partition coefficient (Wildman–Crippen LogP) is 3.70. The summed E-state index contributed by atoms with van der Waals surface area (Å²) >= 11 is 0. The minimum atomic E-state index is -0.272. The van der Waals surface area contributed by atoms with Gasteiger partial charge in [-0.05, 0) is 29.3 Å². The van der Waals surface area contributed by atoms with Crippen LogP contribution < -0.4 is 0 Å². The van der Waals surface area contributed by atoms with Crippen LogP contribution in [0.4, 0.5) is 4.39 Å². The third kappa shape index (κ3) is 5.39. The Morgan fingerprint density at radius 3 is 2.23 bits per heavy atom. The van der Waals surface area contributed by atoms with E-state index in [0.717, 1.165) is 38.3 Å². The average Bonchev–Trinajstić information content (AvgIpc) is 2.69. The topological polar surface area (TPSA) is 23.6 Å². The van der Waals surface area contributed by atoms with Crippen LogP contribution in [0.2, 0.25) is 0 Å². The lowest BCUT2D eigenvalue weighted by Gasteiger charge is -2.33. The maximum atomic E-state index is 12.9. The second-order valence-corrected chi connectivity index (χ2v) is 6.32. The molecule has 2 aromatic carbocycles. The molecule has 0 aromatic heterocycles. The zero-order valence-corrected chi connectivity index (χ0v) is 14.7. The summed E-state index contributed by atoms with van der Waals surface area (Å²) in [5.41, 5.74) is 2.02. The fourth-order valence-electron chi connectivity index (χ4n) is 2.90. The minimum absolute atomic E-state index is 0.00815. The van der Waals surface area contributed by atoms with Crippen molar-refractivity contribution in [1.82, 2.24) is 9.80 Å². The molecule has 1 aliphatic rings. The zero-order chi connectivity index (χ0) is 18.2. The quantitative estimate of drug-likeness (QED) is 0.768. The van der Waals surface area contributed by atoms with Gasteiger partial charge in [-0.3, -0.25) is 9.69 Å². The van der Waals surface area contributed by atoms with Gasteiger partial charge in [-0.15, -0.1) is 0 Å². The number of hydrogen-bond acceptors (Lipinski definition) is 2. The van der Waals surface area contributed by atoms with Crippen molar-refractivity contribution >= 4 is 18.1 Å². The van der Waals surface area contributed by atoms with Gasteiger partial charge in [0.25, 0.3) is 0 Å². The summed E-state index contributed by atoms with van der Waals surface area (Å²) in [4.78, 5) is 16.5. The van der Waals surface area contributed by atoms with E-state index in [2.05, 4.69) is 29.2 Å². The molecule has 3 nitrogen and oxygen atoms in total. The van der Waals surface area contributed by atoms with E-state index in [0.29, 0.717) is 0 Å². The van der Waals surface area contributed by atoms with Crippen LogP contribution in [0.15, 0.2) is 66.7 Å². The number of rotatable bonds is 5. The van der Waals surface area contributed by atoms with Crippen LogP contribution in [0, 0.1) is 5.82 Å². The molecule has 1 heterocycles. The second kappa shape index (κ2) is 9.11. The first kappa shape index (κ1) is 18.1. The molecule has 3 rings (SSSR count). The molecule has 1 aliphatic heterocycles. The predicted molar refractivity (Wildman–Crippen MR) is 104 cm³/mol. The highest BCUT2D eigenvalue weighted by Gasteiger charge is 2.18. The van der Waals surface area contributed by atoms with Gasteiger partial charge in [0, 0.05) is 38.8 Å². The van der Waals surface area contributed by atoms with Gasteiger partial charge in [0.2, 0.25) is 5.91 Å². The lowest BCUT2D eigenvalue weighted by molar-refractivity contribution is -0.127. The molecule has 0 radical (unpaired) electrons. The van der Waals surface area contributed by atoms with Gasteiger partial charge in [-0.2, -0.15) is 0 Å². The molecular formula is C22H23FN2O. The van der Waals surface area contributed by atoms with Gasteiger partial charge in [0.1, 0.15) is 5.82 Å². The highest BCUT2D eigenvalue weighted by Crippen LogP contribution is 2.08. The van der Waals surface area contributed by atoms with E-state index in [1.807, 2.05) is 23.1 Å². The third-order valence-corrected chi connectivity index (χ3v) is 4.45. The lowest BCUT2D eigenvalue weighted by atomic mass is 10.2. The molecule has 0 atom stereocenters. The Bertz CT molecular complexity index is 760. The van der Waals surface area contributed by atoms with Gasteiger partial charge in [0.15, 0.2) is 0 Å². The van der Waals surface area contributed by atoms with Crippen LogP contribution in [0.1, 0.15) is 11.1 Å². The fourth-order valence-corrected chi connectivity index (χ4v) is 2.90. The molecule has 0 saturated carbocycles. The van der Waals surface area contributed by atoms with Crippen LogP contribution in [-0.4, -0.2) is 48.4 Å². The summed E-state index contributed by atoms with van der Waals surface area (Å²) in [5.74, 6) is -0.264. The zero-order valence-electron chi connectivity index (χ0n) is 14.7. The van der Waals surface area contributed by atoms with Gasteiger partial charge >= 0.3 is 0 Å². The molecule has 0 unspecified atom stereocenters. The number of halogens is 1. The lowest BCUT2D eigenvalue weighted by Crippen LogP contribution is -2.48. The summed E-state index contributed by atoms with van der Waals surface area (Å²) < 4.78 is 12.9. The first-order valence-corrected chi connectivity index (χ1v) is 8.87. The number of nitrogens with zero attached hydrogens (tertiary/aromatic N) is 2. The largest absolute Gasteiger partial charge is 0.337 e. The first-order valence-electron chi connectivity index (χ1n) is 8.87. The molecular weight excluding hydrogens is 327 g/mol. The van der Waals surface area contributed by atoms with E-state index in [1.165, 1.54) is 17.7 Å². The SMILES string of the molecule is O=C(/C=C/c1ccc(F)cc1)N1CCN(C/C=C/c2ccccc2)CC1. The van der Waals surface area contributed by atoms with Crippen molar-refractivity contribution in [2.75, 3.05) is 32.7 Å². The van der Waals surface area contributed by atoms with Gasteiger partial charge < -0.3 is 4.90 Å². The first-order chi connectivity index (χ1) is 12.7. The van der Waals surface area contributed by atoms with Gasteiger partial charge in [-0.25, -0.2) is 4.39 Å². The molecule has 1 amide bonds. The Kier molecular flexibility index (Phi) is 6.34. The van der Waals surface area contributed by atoms with Crippen molar-refractivity contribution in [2.45, 2.75) is 0 Å². The molecule has 4 heteroatoms. The Morgan fingerprint density at radius 1 is 0.885 bits per heavy atom. The number of piperazine rings is 1. The Balaban J connectivity index is 1.43. The van der Waals surface area contributed by atoms with Crippen molar-refractivity contribution in [3.8, 4) is 0 Å². The normalized spacial score (nSPS) is 15.8. The molecule has 0 N–H and O–H groups in total. The second-order valence-electron chi connectivity index (χ2n) is 6.32. The van der Waals surface area contributed by atoms with Crippen LogP contribution in [0.3, 0.4) is 0 Å². The van der Waals surface area contributed by atoms with Crippen LogP contribution in [0.5, 0.6) is 0 Å². The molecule has 0 aliphatic carbocycles. The molecule has 1 fully saturated rings. The van der Waals surface area contributed by atoms with Crippen molar-refractivity contribution in [2.24, 2.45) is 0 Å². The van der Waals surface area contributed by atoms with Crippen LogP contribution in [0.25, 0.3) is 12.2 Å². The molecule has 1 saturated heterocycles. The van der Waals surface area contributed by atoms with Crippen molar-refractivity contribution < 1.29 is 9.18 Å². The highest BCUT2D eigenvalue weighted by atomic mass is 19.1. The summed E-state index contributed by atoms with van der Waals surface area (Å²) in [6.45, 7) is 4.09. The van der Waals surface area contributed by atoms with E-state index < -0.39 is 0 Å². The summed E-state index contributed by atoms with van der Waals surface area (Å²) in [6.07, 6.45) is 7.60. The number of carbonyl (C=O) groups is 1. The number of carbonyl (C=O) groups excluding carboxylic acids is 1. The van der Waals surface area contributed by atoms with E-state index in [4.69, 9.17) is 0 Å². The van der Waals surface area contributed by atoms with Crippen molar-refractivity contribution in [1.29, 1.82) is 0 Å². The molecule has 2 aromatic rings. The Morgan fingerprint density at radius 2 is 1.54 bits per heavy atom. The van der Waals surface area contributed by atoms with E-state index in [9.17, 15) is 9.18 Å². The van der Waals surface area contributed by atoms with Crippen molar-refractivity contribution in [3.05, 3.63) is 83.7 Å². The van der Waals surface area contributed by atoms with Crippen LogP contribution in [-0.2, 0) is 4.79 Å². The maximum Gasteiger partial charge on any atom is 0.246 e. The number of benzene rings is 2. The fraction of sp³-hybridized carbons (Fsp3) is 0.227. The van der Waals surface area contributed by atoms with Gasteiger partial charge in [0.05, 0.1) is 0 Å². The minimum Gasteiger partial charge on any atom is -0.337 e. The van der Waals surface area contributed by atoms with Crippen LogP contribution >= 0.6 is 0 Å². The molecule has 0 bridgehead atoms. The number of amides is 1. The van der Waals surface area contributed by atoms with Crippen molar-refractivity contribution in [3.63, 3.8) is 0 Å². The smallest absolute Gasteiger partial charge is 0.246 e. The molecule has 0 spiro atoms. The Hall–Kier alpha value is -2.72. The van der Waals surface area contributed by atoms with E-state index in [-0.39, 0.29) is 11.7 Å². The maximum absolute atomic E-state index is 12.9. The summed E-state index contributed by atoms with van der Waals surface area (Å²) in [6, 6.07) is 16.4. The highest BCUT2D eigenvalue weighted by molar-refractivity contribution is 5.91. The molecule has 134 valence electrons. The summed E-state index contributed by atoms with van der Waals surface area (Å²) in [5, 5.41) is 0. The van der Waals surface area contributed by atoms with E-state index in [1.54, 1.807) is 24.3 Å². The van der Waals surface area contributed by atoms with E-state index >= 15 is 0 Å². The van der Waals surface area contributed by atoms with Gasteiger partial charge in [-0.1, -0.05) is 54.6 Å². The average molecular weight is 350 g/mol. The Labute approximate surface area is 154 Å². The number of hydrogen-bond donors (Lipinski definition) is 0. The standard InChI is InChI=1S/C22H23FN2O/c23-21-11-8-20(9-12-21)10-13-22(26)25-17-15-24(16-18-25)14-4-7-19-5-2-1-3-6-19/h1-13H,14-18H2/b7-4+,13-10+. The monoisotopic (exact) mass is 350 g/mol. The third-order valence-electron chi connectivity index (χ3n) is 4.45.